The standard InChI is InChI=1S/C19H30N6O3.HI/c1-5-18-24-23-13-25(18)8-7-21-19(20-6-2)22-12-17(26)14-9-15(27-3)11-16(10-14)28-4;/h9-11,13,17,26H,5-8,12H2,1-4H3,(H2,20,21,22);1H. The number of rotatable bonds is 10. The van der Waals surface area contributed by atoms with E-state index in [0.717, 1.165) is 25.3 Å². The van der Waals surface area contributed by atoms with E-state index < -0.39 is 6.10 Å². The average Bonchev–Trinajstić information content (AvgIpc) is 3.18. The molecule has 0 saturated heterocycles. The van der Waals surface area contributed by atoms with Gasteiger partial charge in [0.05, 0.1) is 26.9 Å². The second-order valence-electron chi connectivity index (χ2n) is 6.10. The number of aliphatic hydroxyl groups excluding tert-OH is 1. The van der Waals surface area contributed by atoms with E-state index in [1.54, 1.807) is 38.7 Å². The Balaban J connectivity index is 0.00000420. The molecular formula is C19H31IN6O3. The first-order chi connectivity index (χ1) is 13.6. The van der Waals surface area contributed by atoms with E-state index >= 15 is 0 Å². The highest BCUT2D eigenvalue weighted by atomic mass is 127. The SMILES string of the molecule is CCNC(=NCC(O)c1cc(OC)cc(OC)c1)NCCn1cnnc1CC.I. The minimum absolute atomic E-state index is 0. The van der Waals surface area contributed by atoms with Crippen LogP contribution in [0.15, 0.2) is 29.5 Å². The van der Waals surface area contributed by atoms with Crippen molar-refractivity contribution >= 4 is 29.9 Å². The highest BCUT2D eigenvalue weighted by Gasteiger charge is 2.11. The van der Waals surface area contributed by atoms with E-state index in [2.05, 4.69) is 32.7 Å². The number of hydrogen-bond acceptors (Lipinski definition) is 6. The van der Waals surface area contributed by atoms with Crippen LogP contribution in [-0.2, 0) is 13.0 Å². The maximum atomic E-state index is 10.5. The highest BCUT2D eigenvalue weighted by molar-refractivity contribution is 14.0. The van der Waals surface area contributed by atoms with Gasteiger partial charge in [-0.2, -0.15) is 0 Å². The van der Waals surface area contributed by atoms with Gasteiger partial charge in [0.25, 0.3) is 0 Å². The number of halogens is 1. The van der Waals surface area contributed by atoms with Crippen molar-refractivity contribution in [1.82, 2.24) is 25.4 Å². The van der Waals surface area contributed by atoms with Crippen LogP contribution in [0.3, 0.4) is 0 Å². The van der Waals surface area contributed by atoms with Crippen molar-refractivity contribution in [1.29, 1.82) is 0 Å². The zero-order valence-corrected chi connectivity index (χ0v) is 19.7. The Morgan fingerprint density at radius 1 is 1.17 bits per heavy atom. The molecule has 0 fully saturated rings. The lowest BCUT2D eigenvalue weighted by Gasteiger charge is -2.15. The van der Waals surface area contributed by atoms with E-state index in [9.17, 15) is 5.11 Å². The molecule has 0 bridgehead atoms. The number of nitrogens with zero attached hydrogens (tertiary/aromatic N) is 4. The van der Waals surface area contributed by atoms with Gasteiger partial charge in [0.1, 0.15) is 23.7 Å². The predicted molar refractivity (Wildman–Crippen MR) is 123 cm³/mol. The third-order valence-corrected chi connectivity index (χ3v) is 4.18. The molecule has 0 saturated carbocycles. The summed E-state index contributed by atoms with van der Waals surface area (Å²) in [5.74, 6) is 2.85. The summed E-state index contributed by atoms with van der Waals surface area (Å²) in [7, 11) is 3.16. The van der Waals surface area contributed by atoms with Gasteiger partial charge in [-0.15, -0.1) is 34.2 Å². The summed E-state index contributed by atoms with van der Waals surface area (Å²) in [6.45, 7) is 6.38. The van der Waals surface area contributed by atoms with Crippen molar-refractivity contribution < 1.29 is 14.6 Å². The number of ether oxygens (including phenoxy) is 2. The van der Waals surface area contributed by atoms with Crippen LogP contribution >= 0.6 is 24.0 Å². The third kappa shape index (κ3) is 7.69. The number of aliphatic imine (C=N–C) groups is 1. The number of aryl methyl sites for hydroxylation is 1. The Hall–Kier alpha value is -2.08. The molecule has 0 aliphatic heterocycles. The van der Waals surface area contributed by atoms with E-state index in [1.807, 2.05) is 11.5 Å². The van der Waals surface area contributed by atoms with Crippen molar-refractivity contribution in [3.63, 3.8) is 0 Å². The molecule has 0 radical (unpaired) electrons. The van der Waals surface area contributed by atoms with Crippen LogP contribution in [-0.4, -0.2) is 59.7 Å². The fourth-order valence-corrected chi connectivity index (χ4v) is 2.68. The molecule has 29 heavy (non-hydrogen) atoms. The summed E-state index contributed by atoms with van der Waals surface area (Å²) >= 11 is 0. The van der Waals surface area contributed by atoms with Crippen molar-refractivity contribution in [2.75, 3.05) is 33.9 Å². The van der Waals surface area contributed by atoms with Gasteiger partial charge in [0.15, 0.2) is 5.96 Å². The van der Waals surface area contributed by atoms with Crippen molar-refractivity contribution in [2.45, 2.75) is 32.9 Å². The lowest BCUT2D eigenvalue weighted by molar-refractivity contribution is 0.186. The maximum Gasteiger partial charge on any atom is 0.191 e. The summed E-state index contributed by atoms with van der Waals surface area (Å²) in [6.07, 6.45) is 1.79. The first-order valence-electron chi connectivity index (χ1n) is 9.41. The zero-order valence-electron chi connectivity index (χ0n) is 17.4. The molecule has 0 amide bonds. The Morgan fingerprint density at radius 3 is 2.45 bits per heavy atom. The molecule has 0 aliphatic carbocycles. The van der Waals surface area contributed by atoms with Crippen LogP contribution < -0.4 is 20.1 Å². The summed E-state index contributed by atoms with van der Waals surface area (Å²) in [4.78, 5) is 4.48. The number of benzene rings is 1. The zero-order chi connectivity index (χ0) is 20.4. The summed E-state index contributed by atoms with van der Waals surface area (Å²) in [5, 5.41) is 25.0. The molecule has 162 valence electrons. The van der Waals surface area contributed by atoms with Gasteiger partial charge < -0.3 is 29.8 Å². The summed E-state index contributed by atoms with van der Waals surface area (Å²) in [6, 6.07) is 5.32. The molecule has 1 aromatic carbocycles. The van der Waals surface area contributed by atoms with Crippen LogP contribution in [0.5, 0.6) is 11.5 Å². The van der Waals surface area contributed by atoms with Gasteiger partial charge in [-0.1, -0.05) is 6.92 Å². The molecule has 1 unspecified atom stereocenters. The Kier molecular flexibility index (Phi) is 11.4. The number of nitrogens with one attached hydrogen (secondary N) is 2. The van der Waals surface area contributed by atoms with Gasteiger partial charge in [0.2, 0.25) is 0 Å². The second kappa shape index (κ2) is 13.2. The van der Waals surface area contributed by atoms with E-state index in [4.69, 9.17) is 9.47 Å². The maximum absolute atomic E-state index is 10.5. The van der Waals surface area contributed by atoms with Crippen LogP contribution in [0.1, 0.15) is 31.3 Å². The molecule has 1 aromatic heterocycles. The van der Waals surface area contributed by atoms with E-state index in [0.29, 0.717) is 29.6 Å². The van der Waals surface area contributed by atoms with Gasteiger partial charge in [-0.3, -0.25) is 4.99 Å². The minimum Gasteiger partial charge on any atom is -0.497 e. The van der Waals surface area contributed by atoms with Crippen LogP contribution in [0.4, 0.5) is 0 Å². The fraction of sp³-hybridized carbons (Fsp3) is 0.526. The Bertz CT molecular complexity index is 746. The molecule has 2 aromatic rings. The lowest BCUT2D eigenvalue weighted by atomic mass is 10.1. The Labute approximate surface area is 188 Å². The van der Waals surface area contributed by atoms with E-state index in [1.165, 1.54) is 0 Å². The van der Waals surface area contributed by atoms with E-state index in [-0.39, 0.29) is 30.5 Å². The van der Waals surface area contributed by atoms with Gasteiger partial charge in [0, 0.05) is 32.1 Å². The lowest BCUT2D eigenvalue weighted by Crippen LogP contribution is -2.39. The molecule has 2 rings (SSSR count). The highest BCUT2D eigenvalue weighted by Crippen LogP contribution is 2.26. The Morgan fingerprint density at radius 2 is 1.86 bits per heavy atom. The van der Waals surface area contributed by atoms with Crippen molar-refractivity contribution in [2.24, 2.45) is 4.99 Å². The first kappa shape index (κ1) is 25.0. The fourth-order valence-electron chi connectivity index (χ4n) is 2.68. The van der Waals surface area contributed by atoms with Gasteiger partial charge in [-0.05, 0) is 24.6 Å². The molecule has 0 aliphatic rings. The molecule has 0 spiro atoms. The monoisotopic (exact) mass is 518 g/mol. The molecule has 3 N–H and O–H groups in total. The molecule has 1 heterocycles. The normalized spacial score (nSPS) is 12.1. The number of guanidine groups is 1. The second-order valence-corrected chi connectivity index (χ2v) is 6.10. The van der Waals surface area contributed by atoms with Crippen molar-refractivity contribution in [3.8, 4) is 11.5 Å². The number of aliphatic hydroxyl groups is 1. The molecule has 1 atom stereocenters. The minimum atomic E-state index is -0.774. The smallest absolute Gasteiger partial charge is 0.191 e. The summed E-state index contributed by atoms with van der Waals surface area (Å²) < 4.78 is 12.5. The quantitative estimate of drug-likeness (QED) is 0.250. The molecular weight excluding hydrogens is 487 g/mol. The van der Waals surface area contributed by atoms with Crippen LogP contribution in [0.25, 0.3) is 0 Å². The third-order valence-electron chi connectivity index (χ3n) is 4.18. The topological polar surface area (TPSA) is 106 Å². The number of hydrogen-bond donors (Lipinski definition) is 3. The van der Waals surface area contributed by atoms with Crippen molar-refractivity contribution in [3.05, 3.63) is 35.9 Å². The first-order valence-corrected chi connectivity index (χ1v) is 9.41. The van der Waals surface area contributed by atoms with Gasteiger partial charge >= 0.3 is 0 Å². The van der Waals surface area contributed by atoms with Crippen LogP contribution in [0, 0.1) is 0 Å². The largest absolute Gasteiger partial charge is 0.497 e. The van der Waals surface area contributed by atoms with Gasteiger partial charge in [-0.25, -0.2) is 0 Å². The average molecular weight is 518 g/mol. The summed E-state index contributed by atoms with van der Waals surface area (Å²) in [5.41, 5.74) is 0.688. The number of aromatic nitrogens is 3. The van der Waals surface area contributed by atoms with Crippen LogP contribution in [0.2, 0.25) is 0 Å². The molecule has 9 nitrogen and oxygen atoms in total. The molecule has 10 heteroatoms. The number of methoxy groups -OCH3 is 2. The predicted octanol–water partition coefficient (Wildman–Crippen LogP) is 1.76.